The van der Waals surface area contributed by atoms with Crippen molar-refractivity contribution in [3.05, 3.63) is 34.1 Å². The van der Waals surface area contributed by atoms with Gasteiger partial charge in [0, 0.05) is 6.04 Å². The Morgan fingerprint density at radius 1 is 1.65 bits per heavy atom. The van der Waals surface area contributed by atoms with Crippen LogP contribution in [0.2, 0.25) is 0 Å². The fourth-order valence-corrected chi connectivity index (χ4v) is 1.40. The first-order valence-corrected chi connectivity index (χ1v) is 4.83. The molecule has 0 saturated carbocycles. The van der Waals surface area contributed by atoms with E-state index in [1.807, 2.05) is 0 Å². The summed E-state index contributed by atoms with van der Waals surface area (Å²) in [5.74, 6) is -1.99. The van der Waals surface area contributed by atoms with Gasteiger partial charge in [0.2, 0.25) is 5.82 Å². The van der Waals surface area contributed by atoms with E-state index in [1.165, 1.54) is 12.1 Å². The minimum atomic E-state index is -1.04. The summed E-state index contributed by atoms with van der Waals surface area (Å²) >= 11 is 0. The van der Waals surface area contributed by atoms with Crippen molar-refractivity contribution in [1.82, 2.24) is 0 Å². The SMILES string of the molecule is CC(CC(=O)O)Nc1cccc(F)c1[N+](=O)[O-]. The number of para-hydroxylation sites is 1. The number of carboxylic acids is 1. The largest absolute Gasteiger partial charge is 0.481 e. The Morgan fingerprint density at radius 2 is 2.29 bits per heavy atom. The van der Waals surface area contributed by atoms with Crippen LogP contribution < -0.4 is 5.32 Å². The second-order valence-corrected chi connectivity index (χ2v) is 3.54. The molecule has 0 spiro atoms. The summed E-state index contributed by atoms with van der Waals surface area (Å²) in [5.41, 5.74) is -0.700. The highest BCUT2D eigenvalue weighted by Gasteiger charge is 2.21. The highest BCUT2D eigenvalue weighted by atomic mass is 19.1. The molecule has 0 aliphatic rings. The Labute approximate surface area is 96.2 Å². The number of anilines is 1. The highest BCUT2D eigenvalue weighted by molar-refractivity contribution is 5.69. The normalized spacial score (nSPS) is 11.9. The van der Waals surface area contributed by atoms with Crippen LogP contribution in [0, 0.1) is 15.9 Å². The van der Waals surface area contributed by atoms with Crippen LogP contribution in [0.1, 0.15) is 13.3 Å². The second kappa shape index (κ2) is 5.24. The molecule has 92 valence electrons. The van der Waals surface area contributed by atoms with Crippen molar-refractivity contribution >= 4 is 17.3 Å². The lowest BCUT2D eigenvalue weighted by molar-refractivity contribution is -0.386. The predicted octanol–water partition coefficient (Wildman–Crippen LogP) is 2.01. The molecule has 0 aliphatic heterocycles. The molecule has 1 atom stereocenters. The van der Waals surface area contributed by atoms with E-state index in [2.05, 4.69) is 5.32 Å². The van der Waals surface area contributed by atoms with Gasteiger partial charge >= 0.3 is 11.7 Å². The molecule has 0 aliphatic carbocycles. The first kappa shape index (κ1) is 12.9. The fraction of sp³-hybridized carbons (Fsp3) is 0.300. The molecular weight excluding hydrogens is 231 g/mol. The third kappa shape index (κ3) is 3.40. The fourth-order valence-electron chi connectivity index (χ4n) is 1.40. The maximum absolute atomic E-state index is 13.2. The molecule has 7 heteroatoms. The molecular formula is C10H11FN2O4. The molecule has 0 bridgehead atoms. The van der Waals surface area contributed by atoms with Gasteiger partial charge in [-0.3, -0.25) is 14.9 Å². The number of aliphatic carboxylic acids is 1. The third-order valence-electron chi connectivity index (χ3n) is 2.05. The van der Waals surface area contributed by atoms with Gasteiger partial charge in [-0.15, -0.1) is 0 Å². The van der Waals surface area contributed by atoms with Crippen LogP contribution in [-0.2, 0) is 4.79 Å². The quantitative estimate of drug-likeness (QED) is 0.608. The lowest BCUT2D eigenvalue weighted by Crippen LogP contribution is -2.20. The number of hydrogen-bond acceptors (Lipinski definition) is 4. The number of hydrogen-bond donors (Lipinski definition) is 2. The summed E-state index contributed by atoms with van der Waals surface area (Å²) in [5, 5.41) is 21.8. The molecule has 17 heavy (non-hydrogen) atoms. The lowest BCUT2D eigenvalue weighted by atomic mass is 10.2. The van der Waals surface area contributed by atoms with Gasteiger partial charge in [0.15, 0.2) is 0 Å². The summed E-state index contributed by atoms with van der Waals surface area (Å²) in [6.45, 7) is 1.54. The van der Waals surface area contributed by atoms with Crippen molar-refractivity contribution in [3.63, 3.8) is 0 Å². The van der Waals surface area contributed by atoms with Crippen LogP contribution in [0.3, 0.4) is 0 Å². The molecule has 0 aromatic heterocycles. The summed E-state index contributed by atoms with van der Waals surface area (Å²) < 4.78 is 13.2. The molecule has 2 N–H and O–H groups in total. The van der Waals surface area contributed by atoms with Crippen LogP contribution >= 0.6 is 0 Å². The first-order chi connectivity index (χ1) is 7.91. The molecule has 0 fully saturated rings. The van der Waals surface area contributed by atoms with E-state index < -0.39 is 28.4 Å². The van der Waals surface area contributed by atoms with Crippen LogP contribution in [-0.4, -0.2) is 22.0 Å². The van der Waals surface area contributed by atoms with Crippen molar-refractivity contribution in [1.29, 1.82) is 0 Å². The first-order valence-electron chi connectivity index (χ1n) is 4.83. The number of nitro groups is 1. The van der Waals surface area contributed by atoms with E-state index in [4.69, 9.17) is 5.11 Å². The molecule has 6 nitrogen and oxygen atoms in total. The molecule has 1 rings (SSSR count). The molecule has 1 aromatic carbocycles. The Morgan fingerprint density at radius 3 is 2.82 bits per heavy atom. The number of nitrogens with zero attached hydrogens (tertiary/aromatic N) is 1. The number of carbonyl (C=O) groups is 1. The Kier molecular flexibility index (Phi) is 3.97. The topological polar surface area (TPSA) is 92.5 Å². The monoisotopic (exact) mass is 242 g/mol. The number of benzene rings is 1. The van der Waals surface area contributed by atoms with Gasteiger partial charge in [-0.25, -0.2) is 0 Å². The minimum absolute atomic E-state index is 0.0243. The average molecular weight is 242 g/mol. The zero-order valence-corrected chi connectivity index (χ0v) is 9.01. The summed E-state index contributed by atoms with van der Waals surface area (Å²) in [6.07, 6.45) is -0.215. The van der Waals surface area contributed by atoms with Gasteiger partial charge in [0.25, 0.3) is 0 Å². The Bertz CT molecular complexity index is 450. The average Bonchev–Trinajstić information content (AvgIpc) is 2.15. The van der Waals surface area contributed by atoms with Crippen molar-refractivity contribution in [2.24, 2.45) is 0 Å². The van der Waals surface area contributed by atoms with Gasteiger partial charge in [-0.1, -0.05) is 6.07 Å². The van der Waals surface area contributed by atoms with Crippen LogP contribution in [0.25, 0.3) is 0 Å². The number of carboxylic acid groups (broad SMARTS) is 1. The predicted molar refractivity (Wildman–Crippen MR) is 58.4 cm³/mol. The molecule has 0 amide bonds. The molecule has 0 heterocycles. The Hall–Kier alpha value is -2.18. The third-order valence-corrected chi connectivity index (χ3v) is 2.05. The van der Waals surface area contributed by atoms with Crippen molar-refractivity contribution in [3.8, 4) is 0 Å². The van der Waals surface area contributed by atoms with E-state index in [1.54, 1.807) is 6.92 Å². The van der Waals surface area contributed by atoms with Gasteiger partial charge in [-0.2, -0.15) is 4.39 Å². The van der Waals surface area contributed by atoms with Crippen molar-refractivity contribution < 1.29 is 19.2 Å². The second-order valence-electron chi connectivity index (χ2n) is 3.54. The maximum Gasteiger partial charge on any atom is 0.327 e. The molecule has 0 radical (unpaired) electrons. The van der Waals surface area contributed by atoms with Crippen LogP contribution in [0.4, 0.5) is 15.8 Å². The molecule has 1 aromatic rings. The highest BCUT2D eigenvalue weighted by Crippen LogP contribution is 2.27. The van der Waals surface area contributed by atoms with Crippen LogP contribution in [0.15, 0.2) is 18.2 Å². The van der Waals surface area contributed by atoms with Crippen molar-refractivity contribution in [2.45, 2.75) is 19.4 Å². The molecule has 0 saturated heterocycles. The zero-order chi connectivity index (χ0) is 13.0. The van der Waals surface area contributed by atoms with Gasteiger partial charge < -0.3 is 10.4 Å². The molecule has 1 unspecified atom stereocenters. The maximum atomic E-state index is 13.2. The van der Waals surface area contributed by atoms with E-state index in [-0.39, 0.29) is 12.1 Å². The van der Waals surface area contributed by atoms with E-state index >= 15 is 0 Å². The van der Waals surface area contributed by atoms with Crippen molar-refractivity contribution in [2.75, 3.05) is 5.32 Å². The number of nitrogens with one attached hydrogen (secondary N) is 1. The summed E-state index contributed by atoms with van der Waals surface area (Å²) in [4.78, 5) is 20.3. The lowest BCUT2D eigenvalue weighted by Gasteiger charge is -2.13. The van der Waals surface area contributed by atoms with Gasteiger partial charge in [0.05, 0.1) is 11.3 Å². The van der Waals surface area contributed by atoms with E-state index in [0.29, 0.717) is 0 Å². The zero-order valence-electron chi connectivity index (χ0n) is 9.01. The Balaban J connectivity index is 2.94. The van der Waals surface area contributed by atoms with E-state index in [0.717, 1.165) is 6.07 Å². The minimum Gasteiger partial charge on any atom is -0.481 e. The summed E-state index contributed by atoms with van der Waals surface area (Å²) in [7, 11) is 0. The van der Waals surface area contributed by atoms with E-state index in [9.17, 15) is 19.3 Å². The smallest absolute Gasteiger partial charge is 0.327 e. The number of nitro benzene ring substituents is 1. The number of halogens is 1. The van der Waals surface area contributed by atoms with Gasteiger partial charge in [0.1, 0.15) is 5.69 Å². The van der Waals surface area contributed by atoms with Crippen LogP contribution in [0.5, 0.6) is 0 Å². The van der Waals surface area contributed by atoms with Gasteiger partial charge in [-0.05, 0) is 19.1 Å². The summed E-state index contributed by atoms with van der Waals surface area (Å²) in [6, 6.07) is 3.09. The number of rotatable bonds is 5. The standard InChI is InChI=1S/C10H11FN2O4/c1-6(5-9(14)15)12-8-4-2-3-7(11)10(8)13(16)17/h2-4,6,12H,5H2,1H3,(H,14,15).